The summed E-state index contributed by atoms with van der Waals surface area (Å²) >= 11 is 0. The minimum Gasteiger partial charge on any atom is -0.394 e. The molecule has 6 nitrogen and oxygen atoms in total. The Bertz CT molecular complexity index is 844. The fourth-order valence-corrected chi connectivity index (χ4v) is 3.84. The van der Waals surface area contributed by atoms with E-state index >= 15 is 0 Å². The van der Waals surface area contributed by atoms with E-state index in [0.29, 0.717) is 12.5 Å². The Hall–Kier alpha value is -2.18. The van der Waals surface area contributed by atoms with Gasteiger partial charge in [0, 0.05) is 30.6 Å². The molecule has 0 unspecified atom stereocenters. The Labute approximate surface area is 147 Å². The third-order valence-electron chi connectivity index (χ3n) is 5.20. The largest absolute Gasteiger partial charge is 0.394 e. The summed E-state index contributed by atoms with van der Waals surface area (Å²) in [6.07, 6.45) is 8.22. The van der Waals surface area contributed by atoms with Crippen molar-refractivity contribution in [3.05, 3.63) is 53.7 Å². The second kappa shape index (κ2) is 6.98. The third kappa shape index (κ3) is 3.32. The van der Waals surface area contributed by atoms with Crippen molar-refractivity contribution in [1.82, 2.24) is 24.1 Å². The van der Waals surface area contributed by atoms with Crippen molar-refractivity contribution in [2.24, 2.45) is 0 Å². The van der Waals surface area contributed by atoms with Gasteiger partial charge in [0.05, 0.1) is 25.0 Å². The maximum absolute atomic E-state index is 9.17. The first-order valence-corrected chi connectivity index (χ1v) is 9.02. The van der Waals surface area contributed by atoms with Gasteiger partial charge in [-0.1, -0.05) is 0 Å². The minimum absolute atomic E-state index is 0.140. The van der Waals surface area contributed by atoms with E-state index in [1.54, 1.807) is 0 Å². The van der Waals surface area contributed by atoms with Gasteiger partial charge in [-0.15, -0.1) is 0 Å². The predicted molar refractivity (Wildman–Crippen MR) is 96.5 cm³/mol. The van der Waals surface area contributed by atoms with Crippen molar-refractivity contribution in [1.29, 1.82) is 0 Å². The van der Waals surface area contributed by atoms with Crippen LogP contribution in [0.3, 0.4) is 0 Å². The first-order valence-electron chi connectivity index (χ1n) is 9.02. The van der Waals surface area contributed by atoms with Crippen LogP contribution in [0.15, 0.2) is 36.8 Å². The number of aromatic nitrogens is 4. The number of imidazole rings is 1. The van der Waals surface area contributed by atoms with E-state index in [0.717, 1.165) is 38.1 Å². The number of aliphatic hydroxyl groups is 1. The monoisotopic (exact) mass is 339 g/mol. The molecule has 0 aromatic carbocycles. The molecule has 1 aliphatic heterocycles. The standard InChI is InChI=1S/C19H25N5O/c1-15-3-9-23-17(13-20-19(23)12-15)14-22-7-4-16(5-8-22)18-2-6-21-24(18)10-11-25/h2-3,6,9,12-13,16,25H,4-5,7-8,10-11,14H2,1H3. The van der Waals surface area contributed by atoms with Gasteiger partial charge in [-0.3, -0.25) is 9.58 Å². The molecule has 132 valence electrons. The maximum atomic E-state index is 9.17. The van der Waals surface area contributed by atoms with Crippen LogP contribution in [0.5, 0.6) is 0 Å². The van der Waals surface area contributed by atoms with Crippen molar-refractivity contribution < 1.29 is 5.11 Å². The van der Waals surface area contributed by atoms with Crippen LogP contribution in [0.2, 0.25) is 0 Å². The highest BCUT2D eigenvalue weighted by Crippen LogP contribution is 2.28. The van der Waals surface area contributed by atoms with E-state index in [2.05, 4.69) is 50.7 Å². The Morgan fingerprint density at radius 2 is 2.08 bits per heavy atom. The van der Waals surface area contributed by atoms with Gasteiger partial charge < -0.3 is 9.51 Å². The van der Waals surface area contributed by atoms with E-state index in [4.69, 9.17) is 0 Å². The summed E-state index contributed by atoms with van der Waals surface area (Å²) in [6.45, 7) is 5.92. The number of hydrogen-bond donors (Lipinski definition) is 1. The molecule has 0 amide bonds. The SMILES string of the molecule is Cc1ccn2c(CN3CCC(c4ccnn4CCO)CC3)cnc2c1. The van der Waals surface area contributed by atoms with Crippen LogP contribution in [-0.4, -0.2) is 48.9 Å². The molecule has 1 N–H and O–H groups in total. The lowest BCUT2D eigenvalue weighted by Crippen LogP contribution is -2.33. The second-order valence-electron chi connectivity index (χ2n) is 6.94. The molecular formula is C19H25N5O. The zero-order valence-electron chi connectivity index (χ0n) is 14.7. The van der Waals surface area contributed by atoms with Crippen molar-refractivity contribution >= 4 is 5.65 Å². The lowest BCUT2D eigenvalue weighted by atomic mass is 9.93. The van der Waals surface area contributed by atoms with Crippen molar-refractivity contribution in [2.45, 2.75) is 38.8 Å². The van der Waals surface area contributed by atoms with Crippen molar-refractivity contribution in [2.75, 3.05) is 19.7 Å². The highest BCUT2D eigenvalue weighted by atomic mass is 16.3. The number of piperidine rings is 1. The Kier molecular flexibility index (Phi) is 4.55. The van der Waals surface area contributed by atoms with E-state index in [9.17, 15) is 5.11 Å². The van der Waals surface area contributed by atoms with Crippen LogP contribution >= 0.6 is 0 Å². The first kappa shape index (κ1) is 16.3. The second-order valence-corrected chi connectivity index (χ2v) is 6.94. The van der Waals surface area contributed by atoms with Gasteiger partial charge in [-0.25, -0.2) is 4.98 Å². The first-order chi connectivity index (χ1) is 12.2. The molecule has 25 heavy (non-hydrogen) atoms. The van der Waals surface area contributed by atoms with Crippen molar-refractivity contribution in [3.8, 4) is 0 Å². The summed E-state index contributed by atoms with van der Waals surface area (Å²) < 4.78 is 4.14. The highest BCUT2D eigenvalue weighted by Gasteiger charge is 2.23. The van der Waals surface area contributed by atoms with Crippen LogP contribution in [0.25, 0.3) is 5.65 Å². The molecule has 1 fully saturated rings. The van der Waals surface area contributed by atoms with E-state index in [1.807, 2.05) is 17.1 Å². The van der Waals surface area contributed by atoms with Crippen LogP contribution in [0.1, 0.15) is 35.7 Å². The van der Waals surface area contributed by atoms with Gasteiger partial charge in [0.1, 0.15) is 5.65 Å². The normalized spacial score (nSPS) is 16.7. The molecule has 1 aliphatic rings. The smallest absolute Gasteiger partial charge is 0.137 e. The Balaban J connectivity index is 1.41. The number of rotatable bonds is 5. The van der Waals surface area contributed by atoms with Gasteiger partial charge in [-0.2, -0.15) is 5.10 Å². The number of pyridine rings is 1. The predicted octanol–water partition coefficient (Wildman–Crippen LogP) is 2.21. The molecular weight excluding hydrogens is 314 g/mol. The zero-order chi connectivity index (χ0) is 17.2. The summed E-state index contributed by atoms with van der Waals surface area (Å²) in [5, 5.41) is 13.5. The van der Waals surface area contributed by atoms with Gasteiger partial charge in [0.25, 0.3) is 0 Å². The van der Waals surface area contributed by atoms with Gasteiger partial charge in [-0.05, 0) is 56.6 Å². The molecule has 4 rings (SSSR count). The van der Waals surface area contributed by atoms with E-state index < -0.39 is 0 Å². The van der Waals surface area contributed by atoms with E-state index in [-0.39, 0.29) is 6.61 Å². The number of aryl methyl sites for hydroxylation is 1. The highest BCUT2D eigenvalue weighted by molar-refractivity contribution is 5.42. The minimum atomic E-state index is 0.140. The molecule has 1 saturated heterocycles. The van der Waals surface area contributed by atoms with E-state index in [1.165, 1.54) is 17.0 Å². The van der Waals surface area contributed by atoms with Gasteiger partial charge in [0.2, 0.25) is 0 Å². The number of fused-ring (bicyclic) bond motifs is 1. The number of likely N-dealkylation sites (tertiary alicyclic amines) is 1. The van der Waals surface area contributed by atoms with Crippen LogP contribution in [0, 0.1) is 6.92 Å². The summed E-state index contributed by atoms with van der Waals surface area (Å²) in [6, 6.07) is 6.35. The average Bonchev–Trinajstić information content (AvgIpc) is 3.23. The summed E-state index contributed by atoms with van der Waals surface area (Å²) in [7, 11) is 0. The molecule has 0 radical (unpaired) electrons. The molecule has 0 atom stereocenters. The molecule has 6 heteroatoms. The van der Waals surface area contributed by atoms with Crippen LogP contribution < -0.4 is 0 Å². The topological polar surface area (TPSA) is 58.6 Å². The molecule has 3 aromatic heterocycles. The molecule has 0 bridgehead atoms. The third-order valence-corrected chi connectivity index (χ3v) is 5.20. The Morgan fingerprint density at radius 3 is 2.88 bits per heavy atom. The molecule has 0 saturated carbocycles. The number of hydrogen-bond acceptors (Lipinski definition) is 4. The number of nitrogens with zero attached hydrogens (tertiary/aromatic N) is 5. The zero-order valence-corrected chi connectivity index (χ0v) is 14.7. The Morgan fingerprint density at radius 1 is 1.24 bits per heavy atom. The lowest BCUT2D eigenvalue weighted by Gasteiger charge is -2.32. The fraction of sp³-hybridized carbons (Fsp3) is 0.474. The van der Waals surface area contributed by atoms with Gasteiger partial charge >= 0.3 is 0 Å². The van der Waals surface area contributed by atoms with Crippen molar-refractivity contribution in [3.63, 3.8) is 0 Å². The number of aliphatic hydroxyl groups excluding tert-OH is 1. The summed E-state index contributed by atoms with van der Waals surface area (Å²) in [5.41, 5.74) is 4.78. The quantitative estimate of drug-likeness (QED) is 0.774. The maximum Gasteiger partial charge on any atom is 0.137 e. The lowest BCUT2D eigenvalue weighted by molar-refractivity contribution is 0.196. The molecule has 0 spiro atoms. The molecule has 0 aliphatic carbocycles. The van der Waals surface area contributed by atoms with Crippen LogP contribution in [0.4, 0.5) is 0 Å². The molecule has 3 aromatic rings. The summed E-state index contributed by atoms with van der Waals surface area (Å²) in [5.74, 6) is 0.537. The van der Waals surface area contributed by atoms with Gasteiger partial charge in [0.15, 0.2) is 0 Å². The average molecular weight is 339 g/mol. The van der Waals surface area contributed by atoms with Crippen LogP contribution in [-0.2, 0) is 13.1 Å². The fourth-order valence-electron chi connectivity index (χ4n) is 3.84. The summed E-state index contributed by atoms with van der Waals surface area (Å²) in [4.78, 5) is 7.04. The molecule has 4 heterocycles.